The molecule has 0 spiro atoms. The van der Waals surface area contributed by atoms with Gasteiger partial charge in [0, 0.05) is 23.6 Å². The van der Waals surface area contributed by atoms with Gasteiger partial charge in [0.1, 0.15) is 18.0 Å². The van der Waals surface area contributed by atoms with Gasteiger partial charge >= 0.3 is 0 Å². The van der Waals surface area contributed by atoms with Crippen molar-refractivity contribution in [1.82, 2.24) is 20.2 Å². The number of benzene rings is 1. The maximum Gasteiger partial charge on any atom is 0.145 e. The number of hydrogen-bond acceptors (Lipinski definition) is 4. The van der Waals surface area contributed by atoms with Crippen LogP contribution in [-0.2, 0) is 13.0 Å². The molecule has 3 N–H and O–H groups in total. The zero-order valence-corrected chi connectivity index (χ0v) is 11.9. The molecule has 0 aliphatic heterocycles. The molecule has 1 unspecified atom stereocenters. The van der Waals surface area contributed by atoms with E-state index >= 15 is 0 Å². The average molecular weight is 298 g/mol. The highest BCUT2D eigenvalue weighted by Crippen LogP contribution is 2.24. The lowest BCUT2D eigenvalue weighted by Gasteiger charge is -2.17. The molecule has 1 atom stereocenters. The number of aromatic nitrogens is 3. The molecule has 0 aliphatic rings. The molecule has 5 nitrogen and oxygen atoms in total. The number of nitrogens with zero attached hydrogens (tertiary/aromatic N) is 3. The number of hydrogen-bond donors (Lipinski definition) is 2. The van der Waals surface area contributed by atoms with E-state index in [0.29, 0.717) is 22.8 Å². The van der Waals surface area contributed by atoms with Crippen molar-refractivity contribution < 1.29 is 4.39 Å². The Kier molecular flexibility index (Phi) is 5.05. The molecule has 1 aromatic heterocycles. The quantitative estimate of drug-likeness (QED) is 0.634. The summed E-state index contributed by atoms with van der Waals surface area (Å²) >= 11 is 6.04. The average Bonchev–Trinajstić information content (AvgIpc) is 2.87. The molecule has 0 radical (unpaired) electrons. The first-order valence-electron chi connectivity index (χ1n) is 6.44. The molecule has 0 aliphatic carbocycles. The van der Waals surface area contributed by atoms with E-state index < -0.39 is 0 Å². The van der Waals surface area contributed by atoms with E-state index in [1.165, 1.54) is 12.4 Å². The van der Waals surface area contributed by atoms with Crippen molar-refractivity contribution in [2.45, 2.75) is 32.4 Å². The zero-order chi connectivity index (χ0) is 14.5. The van der Waals surface area contributed by atoms with Crippen LogP contribution in [0.4, 0.5) is 4.39 Å². The van der Waals surface area contributed by atoms with Crippen molar-refractivity contribution in [3.8, 4) is 0 Å². The van der Waals surface area contributed by atoms with E-state index in [-0.39, 0.29) is 11.9 Å². The Morgan fingerprint density at radius 2 is 2.30 bits per heavy atom. The topological polar surface area (TPSA) is 68.8 Å². The Labute approximate surface area is 121 Å². The molecule has 0 saturated carbocycles. The second-order valence-electron chi connectivity index (χ2n) is 4.46. The van der Waals surface area contributed by atoms with Gasteiger partial charge in [-0.05, 0) is 18.6 Å². The van der Waals surface area contributed by atoms with Crippen LogP contribution in [-0.4, -0.2) is 14.8 Å². The molecule has 2 aromatic rings. The fourth-order valence-electron chi connectivity index (χ4n) is 2.08. The van der Waals surface area contributed by atoms with Gasteiger partial charge in [-0.25, -0.2) is 19.5 Å². The molecule has 7 heteroatoms. The summed E-state index contributed by atoms with van der Waals surface area (Å²) in [4.78, 5) is 4.21. The summed E-state index contributed by atoms with van der Waals surface area (Å²) in [5.41, 5.74) is 3.08. The summed E-state index contributed by atoms with van der Waals surface area (Å²) in [6, 6.07) is 4.26. The van der Waals surface area contributed by atoms with Crippen LogP contribution < -0.4 is 11.3 Å². The van der Waals surface area contributed by atoms with Crippen LogP contribution in [0.2, 0.25) is 5.02 Å². The standard InChI is InChI=1S/C13H17ClFN5/c1-2-6-20-13(17-8-18-20)12(19-16)7-9-10(14)4-3-5-11(9)15/h3-5,8,12,19H,2,6-7,16H2,1H3. The monoisotopic (exact) mass is 297 g/mol. The SMILES string of the molecule is CCCn1ncnc1C(Cc1c(F)cccc1Cl)NN. The molecule has 0 saturated heterocycles. The second-order valence-corrected chi connectivity index (χ2v) is 4.87. The first kappa shape index (κ1) is 14.9. The van der Waals surface area contributed by atoms with Gasteiger partial charge in [0.2, 0.25) is 0 Å². The number of nitrogens with two attached hydrogens (primary N) is 1. The number of halogens is 2. The van der Waals surface area contributed by atoms with Crippen LogP contribution >= 0.6 is 11.6 Å². The highest BCUT2D eigenvalue weighted by molar-refractivity contribution is 6.31. The second kappa shape index (κ2) is 6.78. The lowest BCUT2D eigenvalue weighted by molar-refractivity contribution is 0.460. The van der Waals surface area contributed by atoms with Gasteiger partial charge in [-0.15, -0.1) is 0 Å². The van der Waals surface area contributed by atoms with Crippen LogP contribution in [0.5, 0.6) is 0 Å². The van der Waals surface area contributed by atoms with Gasteiger partial charge in [0.05, 0.1) is 6.04 Å². The molecule has 20 heavy (non-hydrogen) atoms. The van der Waals surface area contributed by atoms with Crippen molar-refractivity contribution in [2.75, 3.05) is 0 Å². The highest BCUT2D eigenvalue weighted by atomic mass is 35.5. The molecule has 0 bridgehead atoms. The normalized spacial score (nSPS) is 12.6. The summed E-state index contributed by atoms with van der Waals surface area (Å²) in [5, 5.41) is 4.53. The summed E-state index contributed by atoms with van der Waals surface area (Å²) < 4.78 is 15.6. The summed E-state index contributed by atoms with van der Waals surface area (Å²) in [6.45, 7) is 2.78. The predicted octanol–water partition coefficient (Wildman–Crippen LogP) is 2.23. The third-order valence-electron chi connectivity index (χ3n) is 3.06. The Bertz CT molecular complexity index is 551. The van der Waals surface area contributed by atoms with Crippen LogP contribution in [0.25, 0.3) is 0 Å². The number of hydrazine groups is 1. The fourth-order valence-corrected chi connectivity index (χ4v) is 2.32. The van der Waals surface area contributed by atoms with Crippen molar-refractivity contribution >= 4 is 11.6 Å². The minimum atomic E-state index is -0.349. The van der Waals surface area contributed by atoms with Crippen LogP contribution in [0.1, 0.15) is 30.8 Å². The highest BCUT2D eigenvalue weighted by Gasteiger charge is 2.20. The van der Waals surface area contributed by atoms with Gasteiger partial charge < -0.3 is 0 Å². The number of rotatable bonds is 6. The minimum absolute atomic E-state index is 0.310. The fraction of sp³-hybridized carbons (Fsp3) is 0.385. The van der Waals surface area contributed by atoms with Crippen LogP contribution in [0.3, 0.4) is 0 Å². The summed E-state index contributed by atoms with van der Waals surface area (Å²) in [5.74, 6) is 5.91. The molecule has 0 fully saturated rings. The van der Waals surface area contributed by atoms with Gasteiger partial charge in [0.15, 0.2) is 0 Å². The molecule has 2 rings (SSSR count). The zero-order valence-electron chi connectivity index (χ0n) is 11.2. The van der Waals surface area contributed by atoms with E-state index in [1.807, 2.05) is 6.92 Å². The van der Waals surface area contributed by atoms with E-state index in [1.54, 1.807) is 16.8 Å². The molecule has 0 amide bonds. The van der Waals surface area contributed by atoms with Crippen molar-refractivity contribution in [3.05, 3.63) is 46.8 Å². The third-order valence-corrected chi connectivity index (χ3v) is 3.42. The first-order chi connectivity index (χ1) is 9.67. The number of aryl methyl sites for hydroxylation is 1. The Morgan fingerprint density at radius 3 is 2.95 bits per heavy atom. The van der Waals surface area contributed by atoms with Crippen molar-refractivity contribution in [2.24, 2.45) is 5.84 Å². The van der Waals surface area contributed by atoms with Crippen molar-refractivity contribution in [1.29, 1.82) is 0 Å². The molecule has 108 valence electrons. The van der Waals surface area contributed by atoms with E-state index in [2.05, 4.69) is 15.5 Å². The van der Waals surface area contributed by atoms with Crippen LogP contribution in [0.15, 0.2) is 24.5 Å². The van der Waals surface area contributed by atoms with Crippen molar-refractivity contribution in [3.63, 3.8) is 0 Å². The van der Waals surface area contributed by atoms with E-state index in [0.717, 1.165) is 13.0 Å². The third kappa shape index (κ3) is 3.15. The smallest absolute Gasteiger partial charge is 0.145 e. The summed E-state index contributed by atoms with van der Waals surface area (Å²) in [6.07, 6.45) is 2.71. The predicted molar refractivity (Wildman–Crippen MR) is 75.5 cm³/mol. The Hall–Kier alpha value is -1.50. The lowest BCUT2D eigenvalue weighted by Crippen LogP contribution is -2.32. The first-order valence-corrected chi connectivity index (χ1v) is 6.81. The molecular weight excluding hydrogens is 281 g/mol. The number of nitrogens with one attached hydrogen (secondary N) is 1. The van der Waals surface area contributed by atoms with Gasteiger partial charge in [0.25, 0.3) is 0 Å². The molecule has 1 aromatic carbocycles. The van der Waals surface area contributed by atoms with Gasteiger partial charge in [-0.1, -0.05) is 24.6 Å². The van der Waals surface area contributed by atoms with Crippen LogP contribution in [0, 0.1) is 5.82 Å². The summed E-state index contributed by atoms with van der Waals surface area (Å²) in [7, 11) is 0. The molecular formula is C13H17ClFN5. The van der Waals surface area contributed by atoms with E-state index in [4.69, 9.17) is 17.4 Å². The Balaban J connectivity index is 2.27. The minimum Gasteiger partial charge on any atom is -0.271 e. The van der Waals surface area contributed by atoms with E-state index in [9.17, 15) is 4.39 Å². The maximum atomic E-state index is 13.8. The van der Waals surface area contributed by atoms with Gasteiger partial charge in [-0.2, -0.15) is 5.10 Å². The largest absolute Gasteiger partial charge is 0.271 e. The van der Waals surface area contributed by atoms with Gasteiger partial charge in [-0.3, -0.25) is 5.84 Å². The molecule has 1 heterocycles. The Morgan fingerprint density at radius 1 is 1.50 bits per heavy atom. The lowest BCUT2D eigenvalue weighted by atomic mass is 10.0. The maximum absolute atomic E-state index is 13.8.